The van der Waals surface area contributed by atoms with Crippen LogP contribution in [0.15, 0.2) is 11.2 Å². The van der Waals surface area contributed by atoms with Crippen LogP contribution in [-0.2, 0) is 6.18 Å². The smallest absolute Gasteiger partial charge is 0.265 e. The lowest BCUT2D eigenvalue weighted by Crippen LogP contribution is -2.33. The molecule has 1 saturated carbocycles. The number of hydrogen-bond donors (Lipinski definition) is 0. The number of hydrogen-bond acceptors (Lipinski definition) is 3. The standard InChI is InChI=1S/C13H15F3N4O/c1-2-8-5-6-17-20(8)12(21)10-7-11(13(14,15)16)18-19(10)9-3-4-9/h6-9H,2-5H2,1H3. The maximum absolute atomic E-state index is 12.8. The Morgan fingerprint density at radius 1 is 1.43 bits per heavy atom. The Balaban J connectivity index is 1.95. The van der Waals surface area contributed by atoms with E-state index in [1.165, 1.54) is 9.69 Å². The summed E-state index contributed by atoms with van der Waals surface area (Å²) < 4.78 is 39.7. The van der Waals surface area contributed by atoms with Crippen LogP contribution in [0.3, 0.4) is 0 Å². The summed E-state index contributed by atoms with van der Waals surface area (Å²) in [6.45, 7) is 1.92. The number of aromatic nitrogens is 2. The second kappa shape index (κ2) is 4.85. The molecule has 8 heteroatoms. The van der Waals surface area contributed by atoms with Crippen molar-refractivity contribution >= 4 is 12.1 Å². The van der Waals surface area contributed by atoms with Gasteiger partial charge in [0.1, 0.15) is 5.69 Å². The van der Waals surface area contributed by atoms with Gasteiger partial charge < -0.3 is 0 Å². The van der Waals surface area contributed by atoms with Gasteiger partial charge in [0.2, 0.25) is 0 Å². The lowest BCUT2D eigenvalue weighted by molar-refractivity contribution is -0.141. The minimum Gasteiger partial charge on any atom is -0.265 e. The van der Waals surface area contributed by atoms with Crippen molar-refractivity contribution < 1.29 is 18.0 Å². The predicted molar refractivity (Wildman–Crippen MR) is 68.9 cm³/mol. The van der Waals surface area contributed by atoms with Crippen LogP contribution in [0.5, 0.6) is 0 Å². The molecule has 2 heterocycles. The van der Waals surface area contributed by atoms with Crippen molar-refractivity contribution in [3.8, 4) is 0 Å². The number of carbonyl (C=O) groups excluding carboxylic acids is 1. The maximum Gasteiger partial charge on any atom is 0.435 e. The van der Waals surface area contributed by atoms with E-state index in [9.17, 15) is 18.0 Å². The number of rotatable bonds is 3. The van der Waals surface area contributed by atoms with Gasteiger partial charge in [0, 0.05) is 18.7 Å². The third kappa shape index (κ3) is 2.54. The molecule has 1 aliphatic heterocycles. The Labute approximate surface area is 119 Å². The summed E-state index contributed by atoms with van der Waals surface area (Å²) >= 11 is 0. The van der Waals surface area contributed by atoms with E-state index < -0.39 is 17.8 Å². The molecule has 1 fully saturated rings. The average Bonchev–Trinajstić information content (AvgIpc) is 3.01. The second-order valence-corrected chi connectivity index (χ2v) is 5.33. The number of amides is 1. The van der Waals surface area contributed by atoms with Gasteiger partial charge in [-0.05, 0) is 19.3 Å². The molecule has 0 radical (unpaired) electrons. The van der Waals surface area contributed by atoms with E-state index in [1.54, 1.807) is 6.21 Å². The van der Waals surface area contributed by atoms with Crippen molar-refractivity contribution in [2.75, 3.05) is 0 Å². The van der Waals surface area contributed by atoms with Crippen LogP contribution in [0.2, 0.25) is 0 Å². The SMILES string of the molecule is CCC1CC=NN1C(=O)c1cc(C(F)(F)F)nn1C1CC1. The van der Waals surface area contributed by atoms with Crippen LogP contribution >= 0.6 is 0 Å². The predicted octanol–water partition coefficient (Wildman–Crippen LogP) is 2.85. The van der Waals surface area contributed by atoms with E-state index in [0.717, 1.165) is 18.9 Å². The summed E-state index contributed by atoms with van der Waals surface area (Å²) in [7, 11) is 0. The Morgan fingerprint density at radius 2 is 2.14 bits per heavy atom. The van der Waals surface area contributed by atoms with Crippen LogP contribution in [0.1, 0.15) is 54.8 Å². The number of nitrogens with zero attached hydrogens (tertiary/aromatic N) is 4. The molecule has 21 heavy (non-hydrogen) atoms. The van der Waals surface area contributed by atoms with Crippen molar-refractivity contribution in [3.05, 3.63) is 17.5 Å². The van der Waals surface area contributed by atoms with E-state index in [4.69, 9.17) is 0 Å². The monoisotopic (exact) mass is 300 g/mol. The Kier molecular flexibility index (Phi) is 3.26. The van der Waals surface area contributed by atoms with Crippen molar-refractivity contribution in [2.45, 2.75) is 50.9 Å². The van der Waals surface area contributed by atoms with E-state index in [0.29, 0.717) is 12.8 Å². The minimum atomic E-state index is -4.55. The molecule has 1 atom stereocenters. The van der Waals surface area contributed by atoms with Gasteiger partial charge in [-0.25, -0.2) is 5.01 Å². The highest BCUT2D eigenvalue weighted by Crippen LogP contribution is 2.38. The number of hydrazone groups is 1. The van der Waals surface area contributed by atoms with Crippen molar-refractivity contribution in [1.82, 2.24) is 14.8 Å². The summed E-state index contributed by atoms with van der Waals surface area (Å²) in [6.07, 6.45) is -0.0942. The maximum atomic E-state index is 12.8. The van der Waals surface area contributed by atoms with Crippen LogP contribution in [0.25, 0.3) is 0 Å². The minimum absolute atomic E-state index is 0.0256. The highest BCUT2D eigenvalue weighted by Gasteiger charge is 2.40. The van der Waals surface area contributed by atoms with Crippen LogP contribution < -0.4 is 0 Å². The first-order valence-corrected chi connectivity index (χ1v) is 6.94. The van der Waals surface area contributed by atoms with Crippen LogP contribution in [-0.4, -0.2) is 33.0 Å². The molecule has 114 valence electrons. The van der Waals surface area contributed by atoms with Gasteiger partial charge >= 0.3 is 6.18 Å². The molecule has 1 amide bonds. The molecule has 0 bridgehead atoms. The summed E-state index contributed by atoms with van der Waals surface area (Å²) in [5, 5.41) is 8.85. The largest absolute Gasteiger partial charge is 0.435 e. The molecular weight excluding hydrogens is 285 g/mol. The molecule has 1 aromatic rings. The van der Waals surface area contributed by atoms with E-state index in [-0.39, 0.29) is 17.8 Å². The first-order valence-electron chi connectivity index (χ1n) is 6.94. The van der Waals surface area contributed by atoms with E-state index in [1.807, 2.05) is 6.92 Å². The van der Waals surface area contributed by atoms with Gasteiger partial charge in [0.05, 0.1) is 12.1 Å². The fraction of sp³-hybridized carbons (Fsp3) is 0.615. The summed E-state index contributed by atoms with van der Waals surface area (Å²) in [4.78, 5) is 12.5. The zero-order valence-corrected chi connectivity index (χ0v) is 11.5. The quantitative estimate of drug-likeness (QED) is 0.862. The lowest BCUT2D eigenvalue weighted by Gasteiger charge is -2.20. The molecular formula is C13H15F3N4O. The summed E-state index contributed by atoms with van der Waals surface area (Å²) in [5.74, 6) is -0.509. The zero-order valence-electron chi connectivity index (χ0n) is 11.5. The fourth-order valence-corrected chi connectivity index (χ4v) is 2.42. The topological polar surface area (TPSA) is 50.5 Å². The first kappa shape index (κ1) is 14.1. The molecule has 3 rings (SSSR count). The second-order valence-electron chi connectivity index (χ2n) is 5.33. The van der Waals surface area contributed by atoms with Crippen molar-refractivity contribution in [2.24, 2.45) is 5.10 Å². The normalized spacial score (nSPS) is 22.1. The van der Waals surface area contributed by atoms with Crippen molar-refractivity contribution in [3.63, 3.8) is 0 Å². The van der Waals surface area contributed by atoms with Gasteiger partial charge in [-0.15, -0.1) is 0 Å². The molecule has 0 N–H and O–H groups in total. The Morgan fingerprint density at radius 3 is 2.71 bits per heavy atom. The molecule has 0 spiro atoms. The zero-order chi connectivity index (χ0) is 15.2. The van der Waals surface area contributed by atoms with Crippen molar-refractivity contribution in [1.29, 1.82) is 0 Å². The van der Waals surface area contributed by atoms with E-state index >= 15 is 0 Å². The number of carbonyl (C=O) groups is 1. The van der Waals surface area contributed by atoms with E-state index in [2.05, 4.69) is 10.2 Å². The highest BCUT2D eigenvalue weighted by molar-refractivity contribution is 5.94. The Bertz CT molecular complexity index is 589. The summed E-state index contributed by atoms with van der Waals surface area (Å²) in [5.41, 5.74) is -1.05. The Hall–Kier alpha value is -1.86. The third-order valence-electron chi connectivity index (χ3n) is 3.75. The number of alkyl halides is 3. The van der Waals surface area contributed by atoms with Gasteiger partial charge in [-0.3, -0.25) is 9.48 Å². The summed E-state index contributed by atoms with van der Waals surface area (Å²) in [6, 6.07) is 0.641. The first-order chi connectivity index (χ1) is 9.91. The molecule has 1 unspecified atom stereocenters. The van der Waals surface area contributed by atoms with Gasteiger partial charge in [0.25, 0.3) is 5.91 Å². The molecule has 0 aromatic carbocycles. The molecule has 1 aliphatic carbocycles. The fourth-order valence-electron chi connectivity index (χ4n) is 2.42. The third-order valence-corrected chi connectivity index (χ3v) is 3.75. The molecule has 5 nitrogen and oxygen atoms in total. The van der Waals surface area contributed by atoms with Gasteiger partial charge in [-0.1, -0.05) is 6.92 Å². The van der Waals surface area contributed by atoms with Gasteiger partial charge in [0.15, 0.2) is 5.69 Å². The molecule has 0 saturated heterocycles. The molecule has 2 aliphatic rings. The number of halogens is 3. The van der Waals surface area contributed by atoms with Crippen LogP contribution in [0, 0.1) is 0 Å². The van der Waals surface area contributed by atoms with Crippen LogP contribution in [0.4, 0.5) is 13.2 Å². The lowest BCUT2D eigenvalue weighted by atomic mass is 10.1. The average molecular weight is 300 g/mol. The van der Waals surface area contributed by atoms with Gasteiger partial charge in [-0.2, -0.15) is 23.4 Å². The highest BCUT2D eigenvalue weighted by atomic mass is 19.4. The molecule has 1 aromatic heterocycles.